The number of esters is 2. The number of quaternary nitrogens is 1. The maximum atomic E-state index is 12.9. The molecule has 0 bridgehead atoms. The van der Waals surface area contributed by atoms with Gasteiger partial charge in [-0.1, -0.05) is 307 Å². The number of rotatable bonds is 65. The van der Waals surface area contributed by atoms with E-state index in [2.05, 4.69) is 172 Å². The van der Waals surface area contributed by atoms with Crippen molar-refractivity contribution in [2.75, 3.05) is 47.5 Å². The molecule has 0 aromatic carbocycles. The van der Waals surface area contributed by atoms with E-state index in [1.165, 1.54) is 109 Å². The highest BCUT2D eigenvalue weighted by Gasteiger charge is 2.22. The molecule has 10 heteroatoms. The molecule has 0 radical (unpaired) electrons. The highest BCUT2D eigenvalue weighted by Crippen LogP contribution is 2.38. The first kappa shape index (κ1) is 85.6. The second-order valence-corrected chi connectivity index (χ2v) is 26.2. The van der Waals surface area contributed by atoms with Crippen LogP contribution in [0.5, 0.6) is 0 Å². The molecule has 0 heterocycles. The first-order chi connectivity index (χ1) is 44.0. The SMILES string of the molecule is CC/C=C\C/C=C\C/C=C\C/C=C\C/C=C\C/C=C\C/C=C\C/C=C\CCCCCCCCC(=O)OC(COC(=O)CCCCCCCCCCCCCCCCCCCCC/C=C\C/C=C\C/C=C\C/C=C\C/C=C\CC)COP(=O)([O-])OCC[N+](C)(C)C. The van der Waals surface area contributed by atoms with Gasteiger partial charge in [-0.15, -0.1) is 0 Å². The minimum Gasteiger partial charge on any atom is -0.756 e. The van der Waals surface area contributed by atoms with Crippen LogP contribution >= 0.6 is 7.82 Å². The largest absolute Gasteiger partial charge is 0.756 e. The summed E-state index contributed by atoms with van der Waals surface area (Å²) in [6.45, 7) is 4.00. The van der Waals surface area contributed by atoms with Crippen LogP contribution in [0.3, 0.4) is 0 Å². The lowest BCUT2D eigenvalue weighted by molar-refractivity contribution is -0.870. The van der Waals surface area contributed by atoms with Crippen LogP contribution in [0.15, 0.2) is 158 Å². The standard InChI is InChI=1S/C80H134NO8P/c1-6-8-10-12-14-16-18-20-22-24-26-28-30-32-34-36-38-39-40-41-43-44-46-48-50-52-54-56-58-60-62-64-66-68-70-72-79(82)86-76-78(77-88-90(84,85)87-75-74-81(3,4)5)89-80(83)73-71-69-67-65-63-61-59-57-55-53-51-49-47-45-42-37-35-33-31-29-27-25-23-21-19-17-15-13-11-9-7-2/h8-11,14-17,20-23,26-29,32-35,42,45,49,51,55,57,78H,6-7,12-13,18-19,24-25,30-31,36-41,43-44,46-48,50,52-54,56,58-77H2,1-5H3/b10-8-,11-9-,16-14-,17-15-,22-20-,23-21-,28-26-,29-27-,34-32-,35-33-,45-42-,51-49-,57-55-. The van der Waals surface area contributed by atoms with Crippen LogP contribution in [0.4, 0.5) is 0 Å². The Bertz CT molecular complexity index is 2080. The normalized spacial score (nSPS) is 14.1. The smallest absolute Gasteiger partial charge is 0.306 e. The van der Waals surface area contributed by atoms with E-state index < -0.39 is 26.5 Å². The summed E-state index contributed by atoms with van der Waals surface area (Å²) in [5, 5.41) is 0. The van der Waals surface area contributed by atoms with Crippen molar-refractivity contribution in [3.63, 3.8) is 0 Å². The molecule has 0 aliphatic rings. The molecule has 9 nitrogen and oxygen atoms in total. The summed E-state index contributed by atoms with van der Waals surface area (Å²) in [6, 6.07) is 0. The van der Waals surface area contributed by atoms with Crippen LogP contribution in [-0.2, 0) is 32.7 Å². The van der Waals surface area contributed by atoms with Gasteiger partial charge in [-0.3, -0.25) is 14.2 Å². The van der Waals surface area contributed by atoms with Crippen LogP contribution in [0, 0.1) is 0 Å². The van der Waals surface area contributed by atoms with Gasteiger partial charge in [0, 0.05) is 12.8 Å². The van der Waals surface area contributed by atoms with E-state index in [0.717, 1.165) is 141 Å². The van der Waals surface area contributed by atoms with Gasteiger partial charge in [0.05, 0.1) is 27.7 Å². The average Bonchev–Trinajstić information content (AvgIpc) is 3.58. The minimum atomic E-state index is -4.66. The third kappa shape index (κ3) is 72.7. The Balaban J connectivity index is 4.09. The van der Waals surface area contributed by atoms with E-state index in [4.69, 9.17) is 18.5 Å². The lowest BCUT2D eigenvalue weighted by Gasteiger charge is -2.28. The van der Waals surface area contributed by atoms with Crippen molar-refractivity contribution in [1.29, 1.82) is 0 Å². The zero-order valence-corrected chi connectivity index (χ0v) is 59.2. The quantitative estimate of drug-likeness (QED) is 0.0195. The molecule has 90 heavy (non-hydrogen) atoms. The number of ether oxygens (including phenoxy) is 2. The average molecular weight is 1270 g/mol. The first-order valence-corrected chi connectivity index (χ1v) is 37.7. The van der Waals surface area contributed by atoms with Crippen molar-refractivity contribution in [2.45, 2.75) is 290 Å². The summed E-state index contributed by atoms with van der Waals surface area (Å²) in [4.78, 5) is 38.1. The molecule has 0 saturated heterocycles. The Kier molecular flexibility index (Phi) is 65.6. The molecule has 0 saturated carbocycles. The molecule has 0 aliphatic carbocycles. The van der Waals surface area contributed by atoms with Gasteiger partial charge in [-0.2, -0.15) is 0 Å². The van der Waals surface area contributed by atoms with Crippen molar-refractivity contribution in [3.05, 3.63) is 158 Å². The van der Waals surface area contributed by atoms with Gasteiger partial charge in [-0.05, 0) is 122 Å². The van der Waals surface area contributed by atoms with Crippen LogP contribution in [0.1, 0.15) is 284 Å². The Hall–Kier alpha value is -4.37. The fraction of sp³-hybridized carbons (Fsp3) is 0.650. The lowest BCUT2D eigenvalue weighted by Crippen LogP contribution is -2.37. The Labute approximate surface area is 554 Å². The van der Waals surface area contributed by atoms with Crippen molar-refractivity contribution < 1.29 is 42.1 Å². The summed E-state index contributed by atoms with van der Waals surface area (Å²) in [6.07, 6.45) is 103. The number of hydrogen-bond donors (Lipinski definition) is 0. The highest BCUT2D eigenvalue weighted by molar-refractivity contribution is 7.45. The summed E-state index contributed by atoms with van der Waals surface area (Å²) in [5.74, 6) is -0.852. The maximum Gasteiger partial charge on any atom is 0.306 e. The second-order valence-electron chi connectivity index (χ2n) is 24.8. The van der Waals surface area contributed by atoms with Gasteiger partial charge in [0.2, 0.25) is 0 Å². The number of likely N-dealkylation sites (N-methyl/N-ethyl adjacent to an activating group) is 1. The van der Waals surface area contributed by atoms with Crippen LogP contribution < -0.4 is 4.89 Å². The maximum absolute atomic E-state index is 12.9. The predicted octanol–water partition coefficient (Wildman–Crippen LogP) is 23.3. The summed E-state index contributed by atoms with van der Waals surface area (Å²) < 4.78 is 34.3. The summed E-state index contributed by atoms with van der Waals surface area (Å²) in [5.41, 5.74) is 0. The highest BCUT2D eigenvalue weighted by atomic mass is 31.2. The molecule has 0 aromatic rings. The van der Waals surface area contributed by atoms with Gasteiger partial charge >= 0.3 is 11.9 Å². The van der Waals surface area contributed by atoms with E-state index in [0.29, 0.717) is 17.4 Å². The molecule has 0 spiro atoms. The van der Waals surface area contributed by atoms with Crippen molar-refractivity contribution in [1.82, 2.24) is 0 Å². The first-order valence-electron chi connectivity index (χ1n) is 36.2. The molecular formula is C80H134NO8P. The predicted molar refractivity (Wildman–Crippen MR) is 387 cm³/mol. The zero-order chi connectivity index (χ0) is 65.5. The third-order valence-corrected chi connectivity index (χ3v) is 16.0. The zero-order valence-electron chi connectivity index (χ0n) is 58.3. The van der Waals surface area contributed by atoms with Crippen LogP contribution in [-0.4, -0.2) is 70.0 Å². The monoisotopic (exact) mass is 1270 g/mol. The fourth-order valence-corrected chi connectivity index (χ4v) is 10.3. The molecule has 0 amide bonds. The van der Waals surface area contributed by atoms with E-state index in [9.17, 15) is 19.0 Å². The minimum absolute atomic E-state index is 0.0408. The van der Waals surface area contributed by atoms with E-state index in [-0.39, 0.29) is 32.0 Å². The van der Waals surface area contributed by atoms with Gasteiger partial charge in [0.25, 0.3) is 7.82 Å². The van der Waals surface area contributed by atoms with E-state index in [1.54, 1.807) is 0 Å². The van der Waals surface area contributed by atoms with E-state index >= 15 is 0 Å². The number of unbranched alkanes of at least 4 members (excludes halogenated alkanes) is 25. The van der Waals surface area contributed by atoms with Crippen LogP contribution in [0.2, 0.25) is 0 Å². The van der Waals surface area contributed by atoms with Crippen molar-refractivity contribution in [2.24, 2.45) is 0 Å². The number of phosphoric acid groups is 1. The fourth-order valence-electron chi connectivity index (χ4n) is 9.58. The topological polar surface area (TPSA) is 111 Å². The number of nitrogens with zero attached hydrogens (tertiary/aromatic N) is 1. The van der Waals surface area contributed by atoms with Gasteiger partial charge in [-0.25, -0.2) is 0 Å². The molecule has 2 atom stereocenters. The van der Waals surface area contributed by atoms with Gasteiger partial charge in [0.15, 0.2) is 6.10 Å². The number of carbonyl (C=O) groups is 2. The number of hydrogen-bond acceptors (Lipinski definition) is 8. The van der Waals surface area contributed by atoms with Gasteiger partial charge in [0.1, 0.15) is 19.8 Å². The number of allylic oxidation sites excluding steroid dienone is 26. The Morgan fingerprint density at radius 2 is 0.600 bits per heavy atom. The molecule has 0 aliphatic heterocycles. The number of carbonyl (C=O) groups excluding carboxylic acids is 2. The summed E-state index contributed by atoms with van der Waals surface area (Å²) in [7, 11) is 1.14. The summed E-state index contributed by atoms with van der Waals surface area (Å²) >= 11 is 0. The molecule has 2 unspecified atom stereocenters. The molecule has 0 fully saturated rings. The Morgan fingerprint density at radius 1 is 0.344 bits per heavy atom. The van der Waals surface area contributed by atoms with E-state index in [1.807, 2.05) is 21.1 Å². The molecular weight excluding hydrogens is 1130 g/mol. The second kappa shape index (κ2) is 69.0. The third-order valence-electron chi connectivity index (χ3n) is 15.0. The molecule has 0 rings (SSSR count). The van der Waals surface area contributed by atoms with Crippen molar-refractivity contribution >= 4 is 19.8 Å². The van der Waals surface area contributed by atoms with Crippen LogP contribution in [0.25, 0.3) is 0 Å². The van der Waals surface area contributed by atoms with Gasteiger partial charge < -0.3 is 27.9 Å². The Morgan fingerprint density at radius 3 is 0.889 bits per heavy atom. The molecule has 0 aromatic heterocycles. The van der Waals surface area contributed by atoms with Crippen molar-refractivity contribution in [3.8, 4) is 0 Å². The molecule has 512 valence electrons. The number of phosphoric ester groups is 1. The lowest BCUT2D eigenvalue weighted by atomic mass is 10.0. The molecule has 0 N–H and O–H groups in total.